The zero-order valence-electron chi connectivity index (χ0n) is 6.53. The fourth-order valence-electron chi connectivity index (χ4n) is 0. The molecule has 0 aromatic carbocycles. The van der Waals surface area contributed by atoms with E-state index in [1.165, 1.54) is 0 Å². The number of hydrogen-bond donors (Lipinski definition) is 0. The first-order valence-corrected chi connectivity index (χ1v) is 5.89. The van der Waals surface area contributed by atoms with Crippen molar-refractivity contribution in [2.24, 2.45) is 0 Å². The van der Waals surface area contributed by atoms with E-state index in [2.05, 4.69) is 0 Å². The number of halogens is 3. The van der Waals surface area contributed by atoms with Gasteiger partial charge in [-0.05, 0) is 0 Å². The quantitative estimate of drug-likeness (QED) is 0.315. The van der Waals surface area contributed by atoms with Crippen LogP contribution in [0.3, 0.4) is 0 Å². The maximum Gasteiger partial charge on any atom is 3.00 e. The van der Waals surface area contributed by atoms with Crippen molar-refractivity contribution in [1.29, 1.82) is 0 Å². The summed E-state index contributed by atoms with van der Waals surface area (Å²) in [5.74, 6) is 0. The molecule has 0 atom stereocenters. The molecule has 0 fully saturated rings. The Morgan fingerprint density at radius 3 is 0.562 bits per heavy atom. The van der Waals surface area contributed by atoms with Crippen molar-refractivity contribution in [2.75, 3.05) is 0 Å². The molecule has 0 aliphatic heterocycles. The van der Waals surface area contributed by atoms with Crippen molar-refractivity contribution in [2.45, 2.75) is 0 Å². The Bertz CT molecular complexity index is 347. The van der Waals surface area contributed by atoms with Crippen molar-refractivity contribution in [3.05, 3.63) is 0 Å². The van der Waals surface area contributed by atoms with E-state index in [-0.39, 0.29) is 41.7 Å². The van der Waals surface area contributed by atoms with E-state index in [9.17, 15) is 11.7 Å². The fourth-order valence-corrected chi connectivity index (χ4v) is 0. The third-order valence-electron chi connectivity index (χ3n) is 0. The van der Waals surface area contributed by atoms with Crippen molar-refractivity contribution < 1.29 is 92.3 Å². The molecule has 0 heterocycles. The molecule has 16 heavy (non-hydrogen) atoms. The molecule has 9 nitrogen and oxygen atoms in total. The predicted molar refractivity (Wildman–Crippen MR) is 32.4 cm³/mol. The molecule has 1 radical (unpaired) electrons. The Kier molecular flexibility index (Phi) is 15.9. The molecule has 0 aliphatic rings. The third-order valence-corrected chi connectivity index (χ3v) is 0. The minimum absolute atomic E-state index is 0. The van der Waals surface area contributed by atoms with Crippen LogP contribution in [-0.4, -0.2) is 38.9 Å². The van der Waals surface area contributed by atoms with Crippen LogP contribution in [0, 0.1) is 41.7 Å². The van der Waals surface area contributed by atoms with E-state index in [0.717, 1.165) is 0 Å². The number of hydrogen-bond acceptors (Lipinski definition) is 9. The molecular formula is CeF3O9S3. The molecule has 0 aromatic heterocycles. The Labute approximate surface area is 123 Å². The van der Waals surface area contributed by atoms with Gasteiger partial charge in [0.25, 0.3) is 31.5 Å². The van der Waals surface area contributed by atoms with E-state index in [1.807, 2.05) is 0 Å². The van der Waals surface area contributed by atoms with Gasteiger partial charge in [-0.15, -0.1) is 11.7 Å². The molecule has 16 heteroatoms. The Balaban J connectivity index is -0.0000000655. The van der Waals surface area contributed by atoms with E-state index in [4.69, 9.17) is 38.9 Å². The molecule has 0 rings (SSSR count). The molecule has 0 saturated heterocycles. The zero-order chi connectivity index (χ0) is 13.5. The zero-order valence-corrected chi connectivity index (χ0v) is 12.1. The van der Waals surface area contributed by atoms with Gasteiger partial charge in [0.2, 0.25) is 0 Å². The molecule has 0 N–H and O–H groups in total. The van der Waals surface area contributed by atoms with Gasteiger partial charge in [-0.25, -0.2) is 25.3 Å². The maximum absolute atomic E-state index is 10.1. The van der Waals surface area contributed by atoms with E-state index in [1.54, 1.807) is 0 Å². The van der Waals surface area contributed by atoms with Gasteiger partial charge in [-0.2, -0.15) is 0 Å². The van der Waals surface area contributed by atoms with Crippen LogP contribution in [0.25, 0.3) is 0 Å². The van der Waals surface area contributed by atoms with Crippen LogP contribution in [-0.2, 0) is 31.5 Å². The molecule has 0 bridgehead atoms. The van der Waals surface area contributed by atoms with Crippen LogP contribution in [0.4, 0.5) is 11.7 Å². The second-order valence-electron chi connectivity index (χ2n) is 1.18. The van der Waals surface area contributed by atoms with Crippen molar-refractivity contribution >= 4 is 31.5 Å². The van der Waals surface area contributed by atoms with Crippen molar-refractivity contribution in [1.82, 2.24) is 0 Å². The summed E-state index contributed by atoms with van der Waals surface area (Å²) in [6.07, 6.45) is 0. The second kappa shape index (κ2) is 9.88. The van der Waals surface area contributed by atoms with Crippen LogP contribution in [0.1, 0.15) is 0 Å². The third kappa shape index (κ3) is 3580. The predicted octanol–water partition coefficient (Wildman–Crippen LogP) is -1.75. The largest absolute Gasteiger partial charge is 3.00 e. The van der Waals surface area contributed by atoms with Crippen LogP contribution in [0.15, 0.2) is 0 Å². The molecule has 0 amide bonds. The van der Waals surface area contributed by atoms with Crippen LogP contribution < -0.4 is 0 Å². The Morgan fingerprint density at radius 2 is 0.562 bits per heavy atom. The minimum Gasteiger partial charge on any atom is -0.722 e. The maximum atomic E-state index is 10.1. The SMILES string of the molecule is O=S(=O)([O-])F.O=S(=O)([O-])F.O=S(=O)([O-])F.[Ce+3]. The summed E-state index contributed by atoms with van der Waals surface area (Å²) in [5.41, 5.74) is 0. The van der Waals surface area contributed by atoms with Crippen LogP contribution in [0.5, 0.6) is 0 Å². The van der Waals surface area contributed by atoms with Gasteiger partial charge in [0.05, 0.1) is 0 Å². The standard InChI is InChI=1S/Ce.3FHO3S/c;3*1-5(2,3)4/h;3*(H,2,3,4)/q+3;;;/p-3. The summed E-state index contributed by atoms with van der Waals surface area (Å²) in [7, 11) is -16.2. The average molecular weight is 437 g/mol. The van der Waals surface area contributed by atoms with E-state index >= 15 is 0 Å². The molecule has 0 spiro atoms. The van der Waals surface area contributed by atoms with Gasteiger partial charge < -0.3 is 13.7 Å². The fraction of sp³-hybridized carbons (Fsp3) is 0. The normalized spacial score (nSPS) is 10.9. The topological polar surface area (TPSA) is 172 Å². The first-order valence-electron chi connectivity index (χ1n) is 1.96. The van der Waals surface area contributed by atoms with E-state index < -0.39 is 31.5 Å². The summed E-state index contributed by atoms with van der Waals surface area (Å²) in [6.45, 7) is 0. The van der Waals surface area contributed by atoms with Gasteiger partial charge in [-0.1, -0.05) is 0 Å². The van der Waals surface area contributed by atoms with Crippen LogP contribution in [0.2, 0.25) is 0 Å². The smallest absolute Gasteiger partial charge is 0.722 e. The first-order chi connectivity index (χ1) is 6.00. The summed E-state index contributed by atoms with van der Waals surface area (Å²) >= 11 is 0. The Hall–Kier alpha value is 0.897. The van der Waals surface area contributed by atoms with Crippen molar-refractivity contribution in [3.63, 3.8) is 0 Å². The first kappa shape index (κ1) is 25.7. The van der Waals surface area contributed by atoms with Crippen LogP contribution >= 0.6 is 0 Å². The van der Waals surface area contributed by atoms with Crippen molar-refractivity contribution in [3.8, 4) is 0 Å². The number of rotatable bonds is 0. The summed E-state index contributed by atoms with van der Waals surface area (Å²) < 4.78 is 106. The second-order valence-corrected chi connectivity index (χ2v) is 3.54. The molecule has 0 aliphatic carbocycles. The summed E-state index contributed by atoms with van der Waals surface area (Å²) in [5, 5.41) is 0. The van der Waals surface area contributed by atoms with Gasteiger partial charge in [-0.3, -0.25) is 0 Å². The molecule has 0 saturated carbocycles. The van der Waals surface area contributed by atoms with Gasteiger partial charge in [0.15, 0.2) is 0 Å². The van der Waals surface area contributed by atoms with E-state index in [0.29, 0.717) is 0 Å². The summed E-state index contributed by atoms with van der Waals surface area (Å²) in [6, 6.07) is 0. The average Bonchev–Trinajstić information content (AvgIpc) is 1.41. The summed E-state index contributed by atoms with van der Waals surface area (Å²) in [4.78, 5) is 0. The minimum atomic E-state index is -5.42. The Morgan fingerprint density at radius 1 is 0.562 bits per heavy atom. The monoisotopic (exact) mass is 437 g/mol. The molecule has 0 unspecified atom stereocenters. The van der Waals surface area contributed by atoms with Gasteiger partial charge in [0, 0.05) is 0 Å². The van der Waals surface area contributed by atoms with Gasteiger partial charge in [0.1, 0.15) is 0 Å². The van der Waals surface area contributed by atoms with Gasteiger partial charge >= 0.3 is 41.7 Å². The molecule has 97 valence electrons. The molecular weight excluding hydrogens is 437 g/mol. The molecule has 0 aromatic rings.